The van der Waals surface area contributed by atoms with Crippen LogP contribution in [0.5, 0.6) is 0 Å². The molecule has 2 fully saturated rings. The molecule has 0 amide bonds. The highest BCUT2D eigenvalue weighted by Gasteiger charge is 2.29. The lowest BCUT2D eigenvalue weighted by Gasteiger charge is -2.25. The minimum atomic E-state index is 0.244. The van der Waals surface area contributed by atoms with E-state index in [1.807, 2.05) is 6.07 Å². The maximum absolute atomic E-state index is 5.75. The molecule has 76 valence electrons. The van der Waals surface area contributed by atoms with Gasteiger partial charge in [0, 0.05) is 19.2 Å². The molecule has 3 rings (SSSR count). The van der Waals surface area contributed by atoms with Gasteiger partial charge in [0.25, 0.3) is 0 Å². The van der Waals surface area contributed by atoms with Crippen molar-refractivity contribution in [3.63, 3.8) is 0 Å². The number of hydrogen-bond donors (Lipinski definition) is 0. The van der Waals surface area contributed by atoms with E-state index in [1.165, 1.54) is 19.3 Å². The zero-order valence-electron chi connectivity index (χ0n) is 8.24. The van der Waals surface area contributed by atoms with Crippen LogP contribution in [0.15, 0.2) is 16.5 Å². The minimum Gasteiger partial charge on any atom is -0.443 e. The third-order valence-corrected chi connectivity index (χ3v) is 2.93. The first-order valence-electron chi connectivity index (χ1n) is 5.40. The van der Waals surface area contributed by atoms with Gasteiger partial charge in [-0.05, 0) is 25.3 Å². The van der Waals surface area contributed by atoms with Gasteiger partial charge in [-0.25, -0.2) is 0 Å². The number of rotatable bonds is 2. The number of epoxide rings is 1. The van der Waals surface area contributed by atoms with E-state index < -0.39 is 0 Å². The number of hydrogen-bond acceptors (Lipinski definition) is 3. The van der Waals surface area contributed by atoms with Gasteiger partial charge in [0.15, 0.2) is 5.88 Å². The first-order chi connectivity index (χ1) is 6.93. The van der Waals surface area contributed by atoms with Crippen molar-refractivity contribution in [2.75, 3.05) is 24.6 Å². The normalized spacial score (nSPS) is 26.6. The van der Waals surface area contributed by atoms with Crippen molar-refractivity contribution >= 4 is 5.88 Å². The first-order valence-corrected chi connectivity index (χ1v) is 5.40. The smallest absolute Gasteiger partial charge is 0.195 e. The summed E-state index contributed by atoms with van der Waals surface area (Å²) < 4.78 is 10.9. The Morgan fingerprint density at radius 1 is 1.14 bits per heavy atom. The molecule has 0 bridgehead atoms. The number of ether oxygens (including phenoxy) is 1. The molecule has 0 spiro atoms. The molecule has 3 nitrogen and oxygen atoms in total. The fourth-order valence-corrected chi connectivity index (χ4v) is 2.01. The Hall–Kier alpha value is -0.960. The van der Waals surface area contributed by atoms with Crippen molar-refractivity contribution in [2.24, 2.45) is 0 Å². The van der Waals surface area contributed by atoms with Crippen LogP contribution in [0.3, 0.4) is 0 Å². The summed E-state index contributed by atoms with van der Waals surface area (Å²) in [5, 5.41) is 0. The predicted octanol–water partition coefficient (Wildman–Crippen LogP) is 2.34. The van der Waals surface area contributed by atoms with Crippen molar-refractivity contribution < 1.29 is 9.15 Å². The molecular formula is C11H15NO2. The van der Waals surface area contributed by atoms with E-state index in [0.717, 1.165) is 31.3 Å². The first kappa shape index (κ1) is 8.36. The second-order valence-electron chi connectivity index (χ2n) is 4.05. The van der Waals surface area contributed by atoms with Crippen LogP contribution < -0.4 is 4.90 Å². The van der Waals surface area contributed by atoms with Crippen LogP contribution in [0, 0.1) is 0 Å². The van der Waals surface area contributed by atoms with Gasteiger partial charge < -0.3 is 14.1 Å². The van der Waals surface area contributed by atoms with Crippen LogP contribution in [-0.2, 0) is 4.74 Å². The molecule has 0 N–H and O–H groups in total. The second-order valence-corrected chi connectivity index (χ2v) is 4.05. The molecule has 0 aliphatic carbocycles. The van der Waals surface area contributed by atoms with Crippen LogP contribution in [0.4, 0.5) is 5.88 Å². The SMILES string of the molecule is c1cc(N2CCCCC2)oc1C1CO1. The maximum Gasteiger partial charge on any atom is 0.195 e. The summed E-state index contributed by atoms with van der Waals surface area (Å²) in [6.45, 7) is 3.10. The molecule has 1 atom stereocenters. The van der Waals surface area contributed by atoms with E-state index in [9.17, 15) is 0 Å². The number of nitrogens with zero attached hydrogens (tertiary/aromatic N) is 1. The molecule has 1 aromatic rings. The van der Waals surface area contributed by atoms with Crippen molar-refractivity contribution in [1.82, 2.24) is 0 Å². The van der Waals surface area contributed by atoms with Crippen LogP contribution in [0.25, 0.3) is 0 Å². The summed E-state index contributed by atoms with van der Waals surface area (Å²) in [6, 6.07) is 4.12. The Balaban J connectivity index is 1.74. The third-order valence-electron chi connectivity index (χ3n) is 2.93. The topological polar surface area (TPSA) is 28.9 Å². The largest absolute Gasteiger partial charge is 0.443 e. The third kappa shape index (κ3) is 1.52. The zero-order chi connectivity index (χ0) is 9.38. The average Bonchev–Trinajstić information content (AvgIpc) is 2.98. The van der Waals surface area contributed by atoms with E-state index >= 15 is 0 Å². The summed E-state index contributed by atoms with van der Waals surface area (Å²) in [5.41, 5.74) is 0. The molecule has 3 heterocycles. The predicted molar refractivity (Wildman–Crippen MR) is 53.5 cm³/mol. The molecule has 0 radical (unpaired) electrons. The van der Waals surface area contributed by atoms with Gasteiger partial charge >= 0.3 is 0 Å². The van der Waals surface area contributed by atoms with E-state index in [-0.39, 0.29) is 6.10 Å². The monoisotopic (exact) mass is 193 g/mol. The van der Waals surface area contributed by atoms with Crippen molar-refractivity contribution in [3.05, 3.63) is 17.9 Å². The van der Waals surface area contributed by atoms with Crippen LogP contribution in [-0.4, -0.2) is 19.7 Å². The summed E-state index contributed by atoms with van der Waals surface area (Å²) >= 11 is 0. The number of furan rings is 1. The lowest BCUT2D eigenvalue weighted by Crippen LogP contribution is -2.28. The highest BCUT2D eigenvalue weighted by molar-refractivity contribution is 5.37. The molecule has 1 unspecified atom stereocenters. The van der Waals surface area contributed by atoms with E-state index in [4.69, 9.17) is 9.15 Å². The fourth-order valence-electron chi connectivity index (χ4n) is 2.01. The van der Waals surface area contributed by atoms with Crippen LogP contribution >= 0.6 is 0 Å². The summed E-state index contributed by atoms with van der Waals surface area (Å²) in [4.78, 5) is 2.33. The van der Waals surface area contributed by atoms with Crippen LogP contribution in [0.1, 0.15) is 31.1 Å². The Morgan fingerprint density at radius 2 is 1.93 bits per heavy atom. The molecular weight excluding hydrogens is 178 g/mol. The van der Waals surface area contributed by atoms with Crippen molar-refractivity contribution in [3.8, 4) is 0 Å². The Morgan fingerprint density at radius 3 is 2.64 bits per heavy atom. The lowest BCUT2D eigenvalue weighted by molar-refractivity contribution is 0.368. The van der Waals surface area contributed by atoms with Crippen molar-refractivity contribution in [2.45, 2.75) is 25.4 Å². The molecule has 0 aromatic carbocycles. The summed E-state index contributed by atoms with van der Waals surface area (Å²) in [6.07, 6.45) is 4.18. The van der Waals surface area contributed by atoms with E-state index in [2.05, 4.69) is 11.0 Å². The van der Waals surface area contributed by atoms with Gasteiger partial charge in [-0.1, -0.05) is 0 Å². The highest BCUT2D eigenvalue weighted by Crippen LogP contribution is 2.33. The van der Waals surface area contributed by atoms with Crippen LogP contribution in [0.2, 0.25) is 0 Å². The highest BCUT2D eigenvalue weighted by atomic mass is 16.6. The number of piperidine rings is 1. The van der Waals surface area contributed by atoms with E-state index in [0.29, 0.717) is 0 Å². The summed E-state index contributed by atoms with van der Waals surface area (Å²) in [5.74, 6) is 2.01. The molecule has 3 heteroatoms. The average molecular weight is 193 g/mol. The van der Waals surface area contributed by atoms with Crippen molar-refractivity contribution in [1.29, 1.82) is 0 Å². The van der Waals surface area contributed by atoms with Gasteiger partial charge in [0.2, 0.25) is 0 Å². The fraction of sp³-hybridized carbons (Fsp3) is 0.636. The Kier molecular flexibility index (Phi) is 1.98. The molecule has 14 heavy (non-hydrogen) atoms. The van der Waals surface area contributed by atoms with Gasteiger partial charge in [0.05, 0.1) is 6.61 Å². The molecule has 1 aromatic heterocycles. The molecule has 2 saturated heterocycles. The van der Waals surface area contributed by atoms with Gasteiger partial charge in [-0.2, -0.15) is 0 Å². The molecule has 0 saturated carbocycles. The maximum atomic E-state index is 5.75. The standard InChI is InChI=1S/C11H15NO2/c1-2-6-12(7-3-1)11-5-4-9(14-11)10-8-13-10/h4-5,10H,1-3,6-8H2. The quantitative estimate of drug-likeness (QED) is 0.675. The lowest BCUT2D eigenvalue weighted by atomic mass is 10.1. The van der Waals surface area contributed by atoms with E-state index in [1.54, 1.807) is 0 Å². The second kappa shape index (κ2) is 3.31. The number of anilines is 1. The van der Waals surface area contributed by atoms with Gasteiger partial charge in [-0.3, -0.25) is 0 Å². The minimum absolute atomic E-state index is 0.244. The molecule has 2 aliphatic rings. The Labute approximate surface area is 83.6 Å². The summed E-state index contributed by atoms with van der Waals surface area (Å²) in [7, 11) is 0. The Bertz CT molecular complexity index is 311. The zero-order valence-corrected chi connectivity index (χ0v) is 8.24. The van der Waals surface area contributed by atoms with Gasteiger partial charge in [0.1, 0.15) is 11.9 Å². The molecule has 2 aliphatic heterocycles. The van der Waals surface area contributed by atoms with Gasteiger partial charge in [-0.15, -0.1) is 0 Å².